The average molecular weight is 1010 g/mol. The van der Waals surface area contributed by atoms with E-state index in [1.165, 1.54) is 205 Å². The molecule has 0 bridgehead atoms. The highest BCUT2D eigenvalue weighted by atomic mass is 16.7. The van der Waals surface area contributed by atoms with Crippen LogP contribution in [0.2, 0.25) is 0 Å². The van der Waals surface area contributed by atoms with Crippen LogP contribution >= 0.6 is 0 Å². The molecule has 0 rings (SSSR count). The van der Waals surface area contributed by atoms with E-state index in [4.69, 9.17) is 33.2 Å². The summed E-state index contributed by atoms with van der Waals surface area (Å²) in [6, 6.07) is 0. The Balaban J connectivity index is 6.18. The number of hydrogen-bond acceptors (Lipinski definition) is 7. The van der Waals surface area contributed by atoms with Gasteiger partial charge in [0, 0.05) is 12.8 Å². The molecule has 0 aromatic heterocycles. The normalized spacial score (nSPS) is 13.3. The van der Waals surface area contributed by atoms with Crippen molar-refractivity contribution in [2.75, 3.05) is 40.0 Å². The summed E-state index contributed by atoms with van der Waals surface area (Å²) in [6.07, 6.45) is 52.9. The maximum Gasteiger partial charge on any atom is 0.162 e. The molecule has 0 saturated carbocycles. The predicted molar refractivity (Wildman–Crippen MR) is 307 cm³/mol. The number of ether oxygens (including phenoxy) is 7. The SMILES string of the molecule is CCCCCCCCCCOC(CCCCC)=C(OCCCCCCCCCC)C(CCC)OCOCOC(CCC)C(OCCCCCCCCCC)=C(CCCCC)OCCCCCCCCCC. The molecular weight excluding hydrogens is 881 g/mol. The lowest BCUT2D eigenvalue weighted by Crippen LogP contribution is -2.25. The van der Waals surface area contributed by atoms with Crippen LogP contribution in [0.3, 0.4) is 0 Å². The van der Waals surface area contributed by atoms with Crippen LogP contribution in [0.1, 0.15) is 338 Å². The zero-order valence-corrected chi connectivity index (χ0v) is 49.4. The molecule has 0 N–H and O–H groups in total. The van der Waals surface area contributed by atoms with Gasteiger partial charge in [0.05, 0.1) is 26.4 Å². The first-order chi connectivity index (χ1) is 35.1. The molecule has 0 saturated heterocycles. The third-order valence-corrected chi connectivity index (χ3v) is 14.0. The third kappa shape index (κ3) is 44.6. The quantitative estimate of drug-likeness (QED) is 0.0342. The standard InChI is InChI=1S/C64H126O7/c1-9-17-23-27-31-35-39-45-53-66-61(51-43-21-13-5)63(68-55-47-41-37-33-29-25-19-11-3)59(49-15-7)70-57-65-58-71-60(50-16-8)64(69-56-48-42-38-34-30-26-20-12-4)62(52-44-22-14-6)67-54-46-40-36-32-28-24-18-10-2/h59-60H,9-58H2,1-8H3. The van der Waals surface area contributed by atoms with Crippen molar-refractivity contribution in [1.29, 1.82) is 0 Å². The summed E-state index contributed by atoms with van der Waals surface area (Å²) in [5, 5.41) is 0. The molecule has 0 aromatic rings. The van der Waals surface area contributed by atoms with Crippen molar-refractivity contribution in [1.82, 2.24) is 0 Å². The number of rotatable bonds is 60. The zero-order valence-electron chi connectivity index (χ0n) is 49.4. The van der Waals surface area contributed by atoms with E-state index < -0.39 is 0 Å². The van der Waals surface area contributed by atoms with Gasteiger partial charge in [-0.15, -0.1) is 0 Å². The monoisotopic (exact) mass is 1010 g/mol. The molecule has 424 valence electrons. The van der Waals surface area contributed by atoms with Gasteiger partial charge in [0.1, 0.15) is 23.7 Å². The van der Waals surface area contributed by atoms with E-state index in [2.05, 4.69) is 55.4 Å². The summed E-state index contributed by atoms with van der Waals surface area (Å²) in [4.78, 5) is 0. The Morgan fingerprint density at radius 2 is 0.493 bits per heavy atom. The fourth-order valence-corrected chi connectivity index (χ4v) is 9.41. The van der Waals surface area contributed by atoms with E-state index in [0.29, 0.717) is 13.2 Å². The molecule has 0 spiro atoms. The first-order valence-corrected chi connectivity index (χ1v) is 31.9. The molecule has 71 heavy (non-hydrogen) atoms. The van der Waals surface area contributed by atoms with Crippen molar-refractivity contribution in [3.8, 4) is 0 Å². The van der Waals surface area contributed by atoms with E-state index in [1.54, 1.807) is 0 Å². The largest absolute Gasteiger partial charge is 0.494 e. The fraction of sp³-hybridized carbons (Fsp3) is 0.938. The molecule has 7 heteroatoms. The van der Waals surface area contributed by atoms with Crippen molar-refractivity contribution in [3.05, 3.63) is 23.0 Å². The van der Waals surface area contributed by atoms with Gasteiger partial charge in [-0.05, 0) is 51.4 Å². The minimum atomic E-state index is -0.226. The Morgan fingerprint density at radius 3 is 0.761 bits per heavy atom. The van der Waals surface area contributed by atoms with E-state index in [0.717, 1.165) is 113 Å². The van der Waals surface area contributed by atoms with Crippen LogP contribution in [0.5, 0.6) is 0 Å². The molecule has 7 nitrogen and oxygen atoms in total. The predicted octanol–water partition coefficient (Wildman–Crippen LogP) is 21.5. The van der Waals surface area contributed by atoms with Crippen molar-refractivity contribution >= 4 is 0 Å². The van der Waals surface area contributed by atoms with E-state index in [9.17, 15) is 0 Å². The molecule has 0 amide bonds. The lowest BCUT2D eigenvalue weighted by atomic mass is 10.1. The van der Waals surface area contributed by atoms with E-state index >= 15 is 0 Å². The van der Waals surface area contributed by atoms with Crippen LogP contribution < -0.4 is 0 Å². The van der Waals surface area contributed by atoms with Crippen LogP contribution in [0.25, 0.3) is 0 Å². The van der Waals surface area contributed by atoms with Gasteiger partial charge in [-0.25, -0.2) is 0 Å². The highest BCUT2D eigenvalue weighted by Gasteiger charge is 2.25. The molecule has 0 radical (unpaired) electrons. The Kier molecular flexibility index (Phi) is 56.7. The van der Waals surface area contributed by atoms with Crippen LogP contribution in [0, 0.1) is 0 Å². The zero-order chi connectivity index (χ0) is 51.8. The Bertz CT molecular complexity index is 1020. The summed E-state index contributed by atoms with van der Waals surface area (Å²) in [5.74, 6) is 3.82. The average Bonchev–Trinajstić information content (AvgIpc) is 3.37. The summed E-state index contributed by atoms with van der Waals surface area (Å²) < 4.78 is 46.8. The van der Waals surface area contributed by atoms with Crippen LogP contribution in [0.15, 0.2) is 23.0 Å². The Labute approximate surface area is 444 Å². The van der Waals surface area contributed by atoms with Gasteiger partial charge in [0.2, 0.25) is 0 Å². The Morgan fingerprint density at radius 1 is 0.254 bits per heavy atom. The lowest BCUT2D eigenvalue weighted by Gasteiger charge is -2.26. The highest BCUT2D eigenvalue weighted by molar-refractivity contribution is 5.09. The molecule has 0 aliphatic heterocycles. The van der Waals surface area contributed by atoms with Gasteiger partial charge in [0.25, 0.3) is 0 Å². The maximum atomic E-state index is 6.82. The number of allylic oxidation sites excluding steroid dienone is 2. The second-order valence-electron chi connectivity index (χ2n) is 21.1. The summed E-state index contributed by atoms with van der Waals surface area (Å²) in [6.45, 7) is 21.3. The van der Waals surface area contributed by atoms with Gasteiger partial charge in [0.15, 0.2) is 25.1 Å². The van der Waals surface area contributed by atoms with Crippen molar-refractivity contribution < 1.29 is 33.2 Å². The summed E-state index contributed by atoms with van der Waals surface area (Å²) in [5.41, 5.74) is 0. The minimum absolute atomic E-state index is 0.130. The second kappa shape index (κ2) is 57.8. The van der Waals surface area contributed by atoms with Gasteiger partial charge in [-0.1, -0.05) is 274 Å². The van der Waals surface area contributed by atoms with Crippen LogP contribution in [-0.4, -0.2) is 52.2 Å². The molecule has 0 aliphatic rings. The van der Waals surface area contributed by atoms with Gasteiger partial charge in [-0.2, -0.15) is 0 Å². The molecular formula is C64H126O7. The summed E-state index contributed by atoms with van der Waals surface area (Å²) in [7, 11) is 0. The maximum absolute atomic E-state index is 6.82. The van der Waals surface area contributed by atoms with Gasteiger partial charge in [-0.3, -0.25) is 0 Å². The second-order valence-corrected chi connectivity index (χ2v) is 21.1. The molecule has 0 aromatic carbocycles. The number of unbranched alkanes of at least 4 members (excludes halogenated alkanes) is 32. The van der Waals surface area contributed by atoms with Crippen molar-refractivity contribution in [3.63, 3.8) is 0 Å². The van der Waals surface area contributed by atoms with E-state index in [1.807, 2.05) is 0 Å². The van der Waals surface area contributed by atoms with Crippen molar-refractivity contribution in [2.45, 2.75) is 350 Å². The molecule has 2 atom stereocenters. The third-order valence-electron chi connectivity index (χ3n) is 14.0. The first-order valence-electron chi connectivity index (χ1n) is 31.9. The smallest absolute Gasteiger partial charge is 0.162 e. The molecule has 0 heterocycles. The minimum Gasteiger partial charge on any atom is -0.494 e. The molecule has 0 aliphatic carbocycles. The van der Waals surface area contributed by atoms with Gasteiger partial charge >= 0.3 is 0 Å². The van der Waals surface area contributed by atoms with Gasteiger partial charge < -0.3 is 33.2 Å². The molecule has 2 unspecified atom stereocenters. The first kappa shape index (κ1) is 69.6. The molecule has 0 fully saturated rings. The Hall–Kier alpha value is -1.44. The van der Waals surface area contributed by atoms with Crippen LogP contribution in [0.4, 0.5) is 0 Å². The highest BCUT2D eigenvalue weighted by Crippen LogP contribution is 2.28. The van der Waals surface area contributed by atoms with Crippen molar-refractivity contribution in [2.24, 2.45) is 0 Å². The summed E-state index contributed by atoms with van der Waals surface area (Å²) >= 11 is 0. The number of hydrogen-bond donors (Lipinski definition) is 0. The fourth-order valence-electron chi connectivity index (χ4n) is 9.41. The van der Waals surface area contributed by atoms with Crippen LogP contribution in [-0.2, 0) is 33.2 Å². The van der Waals surface area contributed by atoms with E-state index in [-0.39, 0.29) is 25.8 Å². The topological polar surface area (TPSA) is 64.6 Å². The lowest BCUT2D eigenvalue weighted by molar-refractivity contribution is -0.167.